The van der Waals surface area contributed by atoms with E-state index in [2.05, 4.69) is 190 Å². The zero-order valence-corrected chi connectivity index (χ0v) is 34.1. The number of benzene rings is 10. The Morgan fingerprint density at radius 2 is 0.968 bits per heavy atom. The molecule has 0 aliphatic heterocycles. The number of hydrogen-bond acceptors (Lipinski definition) is 4. The Morgan fingerprint density at radius 1 is 0.339 bits per heavy atom. The van der Waals surface area contributed by atoms with Crippen molar-refractivity contribution in [1.29, 1.82) is 0 Å². The number of nitrogens with zero attached hydrogens (tertiary/aromatic N) is 3. The van der Waals surface area contributed by atoms with E-state index >= 15 is 0 Å². The van der Waals surface area contributed by atoms with Crippen molar-refractivity contribution in [3.05, 3.63) is 199 Å². The van der Waals surface area contributed by atoms with Crippen LogP contribution in [0.4, 0.5) is 0 Å². The Morgan fingerprint density at radius 3 is 1.85 bits per heavy atom. The maximum Gasteiger partial charge on any atom is 0.164 e. The number of furan rings is 1. The highest BCUT2D eigenvalue weighted by atomic mass is 16.3. The van der Waals surface area contributed by atoms with Gasteiger partial charge in [-0.3, -0.25) is 0 Å². The van der Waals surface area contributed by atoms with Gasteiger partial charge < -0.3 is 4.42 Å². The maximum atomic E-state index is 6.70. The summed E-state index contributed by atoms with van der Waals surface area (Å²) in [4.78, 5) is 15.9. The number of fused-ring (bicyclic) bond motifs is 13. The Balaban J connectivity index is 1.04. The molecule has 290 valence electrons. The van der Waals surface area contributed by atoms with Crippen molar-refractivity contribution in [2.24, 2.45) is 0 Å². The first kappa shape index (κ1) is 34.9. The maximum absolute atomic E-state index is 6.70. The summed E-state index contributed by atoms with van der Waals surface area (Å²) in [6.45, 7) is 4.61. The van der Waals surface area contributed by atoms with Crippen molar-refractivity contribution in [1.82, 2.24) is 15.0 Å². The molecular weight excluding hydrogens is 755 g/mol. The van der Waals surface area contributed by atoms with Gasteiger partial charge in [0.25, 0.3) is 0 Å². The minimum absolute atomic E-state index is 0.138. The van der Waals surface area contributed by atoms with E-state index in [0.717, 1.165) is 55.1 Å². The number of aromatic nitrogens is 3. The molecule has 0 spiro atoms. The van der Waals surface area contributed by atoms with Crippen molar-refractivity contribution < 1.29 is 4.42 Å². The summed E-state index contributed by atoms with van der Waals surface area (Å²) < 4.78 is 6.70. The largest absolute Gasteiger partial charge is 0.456 e. The average molecular weight is 792 g/mol. The van der Waals surface area contributed by atoms with Gasteiger partial charge in [-0.25, -0.2) is 15.0 Å². The highest BCUT2D eigenvalue weighted by Crippen LogP contribution is 2.51. The second-order valence-electron chi connectivity index (χ2n) is 17.1. The second-order valence-corrected chi connectivity index (χ2v) is 17.1. The van der Waals surface area contributed by atoms with Crippen molar-refractivity contribution in [3.63, 3.8) is 0 Å². The Hall–Kier alpha value is -7.95. The van der Waals surface area contributed by atoms with E-state index in [1.165, 1.54) is 60.0 Å². The third-order valence-electron chi connectivity index (χ3n) is 13.3. The summed E-state index contributed by atoms with van der Waals surface area (Å²) in [5, 5.41) is 11.8. The summed E-state index contributed by atoms with van der Waals surface area (Å²) in [5.74, 6) is 1.82. The van der Waals surface area contributed by atoms with E-state index in [1.807, 2.05) is 12.1 Å². The van der Waals surface area contributed by atoms with Gasteiger partial charge in [-0.15, -0.1) is 0 Å². The van der Waals surface area contributed by atoms with Crippen LogP contribution in [-0.4, -0.2) is 15.0 Å². The Kier molecular flexibility index (Phi) is 7.32. The fourth-order valence-electron chi connectivity index (χ4n) is 10.2. The van der Waals surface area contributed by atoms with Crippen LogP contribution in [0.15, 0.2) is 192 Å². The molecule has 4 nitrogen and oxygen atoms in total. The summed E-state index contributed by atoms with van der Waals surface area (Å²) in [7, 11) is 0. The van der Waals surface area contributed by atoms with Crippen LogP contribution in [0.2, 0.25) is 0 Å². The molecule has 62 heavy (non-hydrogen) atoms. The molecule has 0 amide bonds. The molecule has 0 saturated heterocycles. The lowest BCUT2D eigenvalue weighted by Gasteiger charge is -2.21. The van der Waals surface area contributed by atoms with Crippen LogP contribution >= 0.6 is 0 Å². The normalized spacial score (nSPS) is 13.1. The van der Waals surface area contributed by atoms with E-state index in [-0.39, 0.29) is 5.41 Å². The molecule has 12 aromatic rings. The van der Waals surface area contributed by atoms with Crippen LogP contribution in [-0.2, 0) is 5.41 Å². The number of hydrogen-bond donors (Lipinski definition) is 0. The topological polar surface area (TPSA) is 51.8 Å². The van der Waals surface area contributed by atoms with E-state index in [1.54, 1.807) is 0 Å². The van der Waals surface area contributed by atoms with E-state index in [0.29, 0.717) is 17.5 Å². The third-order valence-corrected chi connectivity index (χ3v) is 13.3. The van der Waals surface area contributed by atoms with Crippen LogP contribution in [0.3, 0.4) is 0 Å². The lowest BCUT2D eigenvalue weighted by Crippen LogP contribution is -2.14. The molecule has 10 aromatic carbocycles. The molecule has 13 rings (SSSR count). The van der Waals surface area contributed by atoms with Gasteiger partial charge in [-0.05, 0) is 101 Å². The lowest BCUT2D eigenvalue weighted by atomic mass is 9.82. The van der Waals surface area contributed by atoms with Crippen molar-refractivity contribution in [2.75, 3.05) is 0 Å². The predicted octanol–water partition coefficient (Wildman–Crippen LogP) is 15.4. The minimum Gasteiger partial charge on any atom is -0.456 e. The van der Waals surface area contributed by atoms with Gasteiger partial charge in [0.15, 0.2) is 17.5 Å². The lowest BCUT2D eigenvalue weighted by molar-refractivity contribution is 0.647. The fraction of sp³-hybridized carbons (Fsp3) is 0.0517. The highest BCUT2D eigenvalue weighted by Gasteiger charge is 2.36. The molecule has 0 saturated carbocycles. The van der Waals surface area contributed by atoms with Crippen LogP contribution in [0.5, 0.6) is 0 Å². The zero-order valence-electron chi connectivity index (χ0n) is 34.1. The van der Waals surface area contributed by atoms with E-state index in [9.17, 15) is 0 Å². The Bertz CT molecular complexity index is 3830. The summed E-state index contributed by atoms with van der Waals surface area (Å²) >= 11 is 0. The van der Waals surface area contributed by atoms with E-state index < -0.39 is 0 Å². The molecule has 0 fully saturated rings. The first-order valence-corrected chi connectivity index (χ1v) is 21.3. The first-order chi connectivity index (χ1) is 30.5. The highest BCUT2D eigenvalue weighted by molar-refractivity contribution is 6.25. The van der Waals surface area contributed by atoms with Crippen LogP contribution < -0.4 is 0 Å². The molecule has 4 heteroatoms. The van der Waals surface area contributed by atoms with Crippen LogP contribution in [0.1, 0.15) is 25.0 Å². The van der Waals surface area contributed by atoms with Crippen molar-refractivity contribution >= 4 is 65.0 Å². The molecule has 1 aliphatic carbocycles. The van der Waals surface area contributed by atoms with E-state index in [4.69, 9.17) is 19.4 Å². The molecule has 1 aliphatic rings. The van der Waals surface area contributed by atoms with Crippen molar-refractivity contribution in [2.45, 2.75) is 19.3 Å². The fourth-order valence-corrected chi connectivity index (χ4v) is 10.2. The molecule has 0 radical (unpaired) electrons. The molecule has 0 bridgehead atoms. The summed E-state index contributed by atoms with van der Waals surface area (Å²) in [5.41, 5.74) is 11.7. The van der Waals surface area contributed by atoms with Crippen LogP contribution in [0, 0.1) is 0 Å². The Labute approximate surface area is 357 Å². The average Bonchev–Trinajstić information content (AvgIpc) is 3.81. The molecule has 2 heterocycles. The molecule has 0 unspecified atom stereocenters. The quantitative estimate of drug-likeness (QED) is 0.167. The molecular formula is C58H37N3O. The van der Waals surface area contributed by atoms with Crippen LogP contribution in [0.25, 0.3) is 121 Å². The standard InChI is InChI=1S/C58H37N3O/c1-58(2)49-17-9-8-15-43(49)47-32-48-52(33-50(47)58)62-51-18-10-16-45(54(48)51)57-60-55(39-24-19-35(20-25-39)34-11-4-3-5-12-34)59-56(61-57)40-26-22-37-21-23-38-28-29-42-41-14-7-6-13-36(41)27-30-44(42)53(38)46(37)31-40/h3-33H,1-2H3. The van der Waals surface area contributed by atoms with Gasteiger partial charge >= 0.3 is 0 Å². The van der Waals surface area contributed by atoms with Gasteiger partial charge in [0, 0.05) is 32.9 Å². The minimum atomic E-state index is -0.138. The first-order valence-electron chi connectivity index (χ1n) is 21.3. The molecule has 2 aromatic heterocycles. The van der Waals surface area contributed by atoms with Crippen molar-refractivity contribution in [3.8, 4) is 56.4 Å². The molecule has 0 atom stereocenters. The second kappa shape index (κ2) is 13.0. The zero-order chi connectivity index (χ0) is 41.1. The predicted molar refractivity (Wildman–Crippen MR) is 256 cm³/mol. The van der Waals surface area contributed by atoms with Gasteiger partial charge in [0.05, 0.1) is 0 Å². The summed E-state index contributed by atoms with van der Waals surface area (Å²) in [6.07, 6.45) is 0. The van der Waals surface area contributed by atoms with Gasteiger partial charge in [0.1, 0.15) is 11.2 Å². The number of rotatable bonds is 4. The van der Waals surface area contributed by atoms with Gasteiger partial charge in [-0.2, -0.15) is 0 Å². The van der Waals surface area contributed by atoms with Gasteiger partial charge in [-0.1, -0.05) is 178 Å². The monoisotopic (exact) mass is 791 g/mol. The third kappa shape index (κ3) is 5.17. The summed E-state index contributed by atoms with van der Waals surface area (Å²) in [6, 6.07) is 67.2. The molecule has 0 N–H and O–H groups in total. The van der Waals surface area contributed by atoms with Gasteiger partial charge in [0.2, 0.25) is 0 Å². The smallest absolute Gasteiger partial charge is 0.164 e. The SMILES string of the molecule is CC1(C)c2ccccc2-c2cc3c(cc21)oc1cccc(-c2nc(-c4ccc(-c5ccccc5)cc4)nc(-c4ccc5ccc6ccc7c8ccccc8ccc7c6c5c4)n2)c13.